The van der Waals surface area contributed by atoms with Gasteiger partial charge in [0.1, 0.15) is 5.57 Å². The number of carbonyl (C=O) groups excluding carboxylic acids is 3. The van der Waals surface area contributed by atoms with Gasteiger partial charge >= 0.3 is 6.03 Å². The highest BCUT2D eigenvalue weighted by molar-refractivity contribution is 6.39. The molecule has 8 rings (SSSR count). The van der Waals surface area contributed by atoms with Crippen molar-refractivity contribution in [2.45, 2.75) is 57.8 Å². The number of carbonyl (C=O) groups is 3. The normalized spacial score (nSPS) is 27.6. The molecule has 2 heterocycles. The van der Waals surface area contributed by atoms with Crippen LogP contribution in [0.4, 0.5) is 16.2 Å². The summed E-state index contributed by atoms with van der Waals surface area (Å²) >= 11 is 0. The number of nitro groups is 1. The quantitative estimate of drug-likeness (QED) is 0.173. The summed E-state index contributed by atoms with van der Waals surface area (Å²) < 4.78 is 1.83. The van der Waals surface area contributed by atoms with Crippen molar-refractivity contribution in [1.29, 1.82) is 0 Å². The third kappa shape index (κ3) is 4.18. The SMILES string of the molecule is Cc1cc(/C=C2\C(=O)NC(=O)N(c3ccc(C45CC6CC(CC(C6)C4)C5)cc3)C2=O)c(C)n1-c1cccc([N+](=O)[O-])c1. The van der Waals surface area contributed by atoms with Gasteiger partial charge in [0.05, 0.1) is 16.3 Å². The van der Waals surface area contributed by atoms with Crippen molar-refractivity contribution >= 4 is 35.3 Å². The lowest BCUT2D eigenvalue weighted by atomic mass is 9.48. The molecular weight excluding hydrogens is 532 g/mol. The van der Waals surface area contributed by atoms with Crippen LogP contribution in [-0.2, 0) is 15.0 Å². The highest BCUT2D eigenvalue weighted by Crippen LogP contribution is 2.60. The predicted octanol–water partition coefficient (Wildman–Crippen LogP) is 6.14. The van der Waals surface area contributed by atoms with E-state index < -0.39 is 22.8 Å². The minimum Gasteiger partial charge on any atom is -0.318 e. The number of aryl methyl sites for hydroxylation is 1. The number of anilines is 1. The minimum absolute atomic E-state index is 0.0369. The molecule has 2 aromatic carbocycles. The third-order valence-corrected chi connectivity index (χ3v) is 9.95. The molecule has 1 aromatic heterocycles. The van der Waals surface area contributed by atoms with E-state index in [2.05, 4.69) is 17.4 Å². The first-order valence-electron chi connectivity index (χ1n) is 14.6. The molecule has 0 unspecified atom stereocenters. The Balaban J connectivity index is 1.19. The maximum Gasteiger partial charge on any atom is 0.335 e. The molecule has 4 aliphatic carbocycles. The van der Waals surface area contributed by atoms with Crippen molar-refractivity contribution in [3.8, 4) is 5.69 Å². The number of rotatable bonds is 5. The van der Waals surface area contributed by atoms with Crippen LogP contribution in [-0.4, -0.2) is 27.3 Å². The van der Waals surface area contributed by atoms with Gasteiger partial charge in [-0.15, -0.1) is 0 Å². The van der Waals surface area contributed by atoms with E-state index in [1.807, 2.05) is 36.6 Å². The van der Waals surface area contributed by atoms with Gasteiger partial charge in [0.2, 0.25) is 0 Å². The van der Waals surface area contributed by atoms with E-state index in [0.717, 1.165) is 28.3 Å². The van der Waals surface area contributed by atoms with Gasteiger partial charge in [-0.25, -0.2) is 9.69 Å². The minimum atomic E-state index is -0.772. The lowest BCUT2D eigenvalue weighted by molar-refractivity contribution is -0.384. The second-order valence-corrected chi connectivity index (χ2v) is 12.6. The van der Waals surface area contributed by atoms with Crippen LogP contribution in [0.15, 0.2) is 60.2 Å². The zero-order valence-electron chi connectivity index (χ0n) is 23.6. The number of nitro benzene ring substituents is 1. The molecule has 1 N–H and O–H groups in total. The molecule has 0 atom stereocenters. The summed E-state index contributed by atoms with van der Waals surface area (Å²) in [7, 11) is 0. The number of barbiturate groups is 1. The second kappa shape index (κ2) is 9.51. The van der Waals surface area contributed by atoms with Crippen LogP contribution in [0, 0.1) is 41.7 Å². The average Bonchev–Trinajstić information content (AvgIpc) is 3.22. The number of nitrogens with zero attached hydrogens (tertiary/aromatic N) is 3. The van der Waals surface area contributed by atoms with Crippen LogP contribution in [0.1, 0.15) is 61.0 Å². The largest absolute Gasteiger partial charge is 0.335 e. The first-order chi connectivity index (χ1) is 20.1. The Kier molecular flexibility index (Phi) is 5.97. The Morgan fingerprint density at radius 1 is 0.905 bits per heavy atom. The Hall–Kier alpha value is -4.53. The zero-order chi connectivity index (χ0) is 29.3. The first kappa shape index (κ1) is 26.4. The van der Waals surface area contributed by atoms with E-state index in [1.54, 1.807) is 12.1 Å². The highest BCUT2D eigenvalue weighted by Gasteiger charge is 2.51. The topological polar surface area (TPSA) is 115 Å². The number of nitrogens with one attached hydrogen (secondary N) is 1. The summed E-state index contributed by atoms with van der Waals surface area (Å²) in [6.07, 6.45) is 9.22. The summed E-state index contributed by atoms with van der Waals surface area (Å²) in [6.45, 7) is 3.66. The first-order valence-corrected chi connectivity index (χ1v) is 14.6. The summed E-state index contributed by atoms with van der Waals surface area (Å²) in [5.74, 6) is 0.979. The van der Waals surface area contributed by atoms with Crippen LogP contribution >= 0.6 is 0 Å². The van der Waals surface area contributed by atoms with E-state index in [0.29, 0.717) is 22.6 Å². The molecule has 0 radical (unpaired) electrons. The van der Waals surface area contributed by atoms with Gasteiger partial charge in [-0.2, -0.15) is 0 Å². The Bertz CT molecular complexity index is 1660. The van der Waals surface area contributed by atoms with Crippen molar-refractivity contribution in [3.05, 3.63) is 92.8 Å². The number of hydrogen-bond donors (Lipinski definition) is 1. The molecule has 9 nitrogen and oxygen atoms in total. The summed E-state index contributed by atoms with van der Waals surface area (Å²) in [4.78, 5) is 51.3. The third-order valence-electron chi connectivity index (χ3n) is 9.95. The summed E-state index contributed by atoms with van der Waals surface area (Å²) in [5, 5.41) is 13.6. The lowest BCUT2D eigenvalue weighted by Crippen LogP contribution is -2.54. The molecule has 4 saturated carbocycles. The highest BCUT2D eigenvalue weighted by atomic mass is 16.6. The van der Waals surface area contributed by atoms with E-state index in [1.165, 1.54) is 62.3 Å². The van der Waals surface area contributed by atoms with Crippen molar-refractivity contribution in [2.75, 3.05) is 4.90 Å². The number of aromatic nitrogens is 1. The fourth-order valence-corrected chi connectivity index (χ4v) is 8.55. The number of non-ortho nitro benzene ring substituents is 1. The molecule has 1 aliphatic heterocycles. The summed E-state index contributed by atoms with van der Waals surface area (Å²) in [6, 6.07) is 15.1. The van der Waals surface area contributed by atoms with Crippen LogP contribution in [0.5, 0.6) is 0 Å². The average molecular weight is 565 g/mol. The standard InChI is InChI=1S/C33H32N4O5/c1-19-10-24(20(2)35(19)27-4-3-5-28(15-27)37(41)42)14-29-30(38)34-32(40)36(31(29)39)26-8-6-25(7-9-26)33-16-21-11-22(17-33)13-23(12-21)18-33/h3-10,14-15,21-23H,11-13,16-18H2,1-2H3,(H,34,38,40)/b29-14+. The molecule has 4 amide bonds. The number of amides is 4. The molecular formula is C33H32N4O5. The fraction of sp³-hybridized carbons (Fsp3) is 0.364. The molecule has 5 fully saturated rings. The fourth-order valence-electron chi connectivity index (χ4n) is 8.55. The molecule has 214 valence electrons. The van der Waals surface area contributed by atoms with E-state index in [9.17, 15) is 24.5 Å². The molecule has 4 bridgehead atoms. The zero-order valence-corrected chi connectivity index (χ0v) is 23.6. The van der Waals surface area contributed by atoms with Gasteiger partial charge < -0.3 is 4.57 Å². The Labute approximate surface area is 243 Å². The molecule has 42 heavy (non-hydrogen) atoms. The van der Waals surface area contributed by atoms with Crippen LogP contribution in [0.25, 0.3) is 11.8 Å². The van der Waals surface area contributed by atoms with Crippen LogP contribution in [0.2, 0.25) is 0 Å². The van der Waals surface area contributed by atoms with Crippen molar-refractivity contribution < 1.29 is 19.3 Å². The maximum absolute atomic E-state index is 13.6. The molecule has 5 aliphatic rings. The van der Waals surface area contributed by atoms with Gasteiger partial charge in [-0.1, -0.05) is 18.2 Å². The van der Waals surface area contributed by atoms with Gasteiger partial charge in [0, 0.05) is 23.5 Å². The summed E-state index contributed by atoms with van der Waals surface area (Å²) in [5.41, 5.74) is 4.39. The molecule has 1 saturated heterocycles. The van der Waals surface area contributed by atoms with Crippen LogP contribution < -0.4 is 10.2 Å². The van der Waals surface area contributed by atoms with Gasteiger partial charge in [-0.3, -0.25) is 25.0 Å². The number of imide groups is 2. The number of urea groups is 1. The van der Waals surface area contributed by atoms with Gasteiger partial charge in [-0.05, 0) is 117 Å². The van der Waals surface area contributed by atoms with Gasteiger partial charge in [0.15, 0.2) is 0 Å². The van der Waals surface area contributed by atoms with Gasteiger partial charge in [0.25, 0.3) is 17.5 Å². The molecule has 0 spiro atoms. The predicted molar refractivity (Wildman–Crippen MR) is 157 cm³/mol. The van der Waals surface area contributed by atoms with E-state index in [-0.39, 0.29) is 16.7 Å². The van der Waals surface area contributed by atoms with Crippen molar-refractivity contribution in [2.24, 2.45) is 17.8 Å². The maximum atomic E-state index is 13.6. The van der Waals surface area contributed by atoms with Crippen molar-refractivity contribution in [1.82, 2.24) is 9.88 Å². The van der Waals surface area contributed by atoms with E-state index in [4.69, 9.17) is 0 Å². The van der Waals surface area contributed by atoms with Crippen molar-refractivity contribution in [3.63, 3.8) is 0 Å². The lowest BCUT2D eigenvalue weighted by Gasteiger charge is -2.57. The molecule has 9 heteroatoms. The van der Waals surface area contributed by atoms with E-state index >= 15 is 0 Å². The smallest absolute Gasteiger partial charge is 0.318 e. The Morgan fingerprint density at radius 2 is 1.55 bits per heavy atom. The monoisotopic (exact) mass is 564 g/mol. The Morgan fingerprint density at radius 3 is 2.17 bits per heavy atom. The number of benzene rings is 2. The number of hydrogen-bond acceptors (Lipinski definition) is 5. The van der Waals surface area contributed by atoms with Crippen LogP contribution in [0.3, 0.4) is 0 Å². The second-order valence-electron chi connectivity index (χ2n) is 12.6. The molecule has 3 aromatic rings.